The molecule has 1 aliphatic heterocycles. The summed E-state index contributed by atoms with van der Waals surface area (Å²) in [5, 5.41) is 15.9. The maximum Gasteiger partial charge on any atom is 0.233 e. The van der Waals surface area contributed by atoms with Crippen LogP contribution in [-0.2, 0) is 12.8 Å². The van der Waals surface area contributed by atoms with Gasteiger partial charge in [0.05, 0.1) is 0 Å². The molecule has 0 unspecified atom stereocenters. The van der Waals surface area contributed by atoms with Gasteiger partial charge in [-0.2, -0.15) is 11.8 Å². The molecule has 0 amide bonds. The molecule has 2 heterocycles. The summed E-state index contributed by atoms with van der Waals surface area (Å²) in [6.45, 7) is 0. The number of hydrogen-bond acceptors (Lipinski definition) is 3. The summed E-state index contributed by atoms with van der Waals surface area (Å²) in [7, 11) is 0. The van der Waals surface area contributed by atoms with E-state index in [4.69, 9.17) is 0 Å². The van der Waals surface area contributed by atoms with Crippen LogP contribution in [-0.4, -0.2) is 26.8 Å². The van der Waals surface area contributed by atoms with E-state index in [0.717, 1.165) is 35.6 Å². The van der Waals surface area contributed by atoms with E-state index in [2.05, 4.69) is 10.2 Å². The first-order valence-electron chi connectivity index (χ1n) is 3.71. The number of thioether (sulfide) groups is 1. The number of aromatic amines is 1. The number of aryl methyl sites for hydroxylation is 1. The number of nitrogens with one attached hydrogen (secondary N) is 1. The van der Waals surface area contributed by atoms with E-state index in [9.17, 15) is 5.11 Å². The molecule has 1 aromatic heterocycles. The van der Waals surface area contributed by atoms with Crippen LogP contribution in [0.15, 0.2) is 0 Å². The van der Waals surface area contributed by atoms with Gasteiger partial charge < -0.3 is 5.11 Å². The minimum absolute atomic E-state index is 0.197. The second-order valence-corrected chi connectivity index (χ2v) is 3.84. The zero-order valence-corrected chi connectivity index (χ0v) is 6.95. The Morgan fingerprint density at radius 2 is 2.18 bits per heavy atom. The van der Waals surface area contributed by atoms with Gasteiger partial charge in [-0.1, -0.05) is 0 Å². The summed E-state index contributed by atoms with van der Waals surface area (Å²) in [5.74, 6) is 2.43. The fourth-order valence-electron chi connectivity index (χ4n) is 1.31. The number of rotatable bonds is 0. The van der Waals surface area contributed by atoms with Crippen LogP contribution in [0.1, 0.15) is 11.3 Å². The van der Waals surface area contributed by atoms with Gasteiger partial charge in [0.15, 0.2) is 0 Å². The van der Waals surface area contributed by atoms with Crippen LogP contribution >= 0.6 is 11.8 Å². The molecule has 11 heavy (non-hydrogen) atoms. The second-order valence-electron chi connectivity index (χ2n) is 2.62. The third kappa shape index (κ3) is 1.22. The number of aromatic hydroxyl groups is 1. The predicted octanol–water partition coefficient (Wildman–Crippen LogP) is 0.947. The van der Waals surface area contributed by atoms with Crippen molar-refractivity contribution in [1.82, 2.24) is 10.2 Å². The van der Waals surface area contributed by atoms with Crippen LogP contribution in [0.2, 0.25) is 0 Å². The Hall–Kier alpha value is -0.640. The summed E-state index contributed by atoms with van der Waals surface area (Å²) in [6, 6.07) is 0. The van der Waals surface area contributed by atoms with Crippen molar-refractivity contribution in [2.45, 2.75) is 12.8 Å². The maximum absolute atomic E-state index is 9.27. The Labute approximate surface area is 69.2 Å². The smallest absolute Gasteiger partial charge is 0.233 e. The monoisotopic (exact) mass is 170 g/mol. The number of hydrogen-bond donors (Lipinski definition) is 2. The Bertz CT molecular complexity index is 259. The van der Waals surface area contributed by atoms with Crippen molar-refractivity contribution in [1.29, 1.82) is 0 Å². The van der Waals surface area contributed by atoms with Crippen molar-refractivity contribution < 1.29 is 5.11 Å². The second kappa shape index (κ2) is 2.77. The maximum atomic E-state index is 9.27. The molecule has 0 saturated heterocycles. The number of H-pyrrole nitrogens is 1. The van der Waals surface area contributed by atoms with Crippen molar-refractivity contribution in [2.75, 3.05) is 11.5 Å². The first-order chi connectivity index (χ1) is 5.38. The summed E-state index contributed by atoms with van der Waals surface area (Å²) >= 11 is 1.93. The van der Waals surface area contributed by atoms with Crippen molar-refractivity contribution in [3.8, 4) is 5.88 Å². The lowest BCUT2D eigenvalue weighted by atomic mass is 10.1. The molecule has 2 N–H and O–H groups in total. The highest BCUT2D eigenvalue weighted by molar-refractivity contribution is 7.99. The molecule has 2 rings (SSSR count). The van der Waals surface area contributed by atoms with Gasteiger partial charge in [-0.05, 0) is 24.3 Å². The molecule has 60 valence electrons. The molecule has 0 fully saturated rings. The fraction of sp³-hybridized carbons (Fsp3) is 0.571. The van der Waals surface area contributed by atoms with Gasteiger partial charge in [-0.3, -0.25) is 5.10 Å². The molecule has 0 atom stereocenters. The van der Waals surface area contributed by atoms with Crippen LogP contribution < -0.4 is 0 Å². The van der Waals surface area contributed by atoms with Crippen LogP contribution in [0.3, 0.4) is 0 Å². The summed E-state index contributed by atoms with van der Waals surface area (Å²) in [4.78, 5) is 0. The molecular formula is C7H10N2OS. The molecule has 1 aliphatic rings. The largest absolute Gasteiger partial charge is 0.492 e. The van der Waals surface area contributed by atoms with Gasteiger partial charge in [-0.25, -0.2) is 0 Å². The van der Waals surface area contributed by atoms with Crippen LogP contribution in [0.4, 0.5) is 0 Å². The summed E-state index contributed by atoms with van der Waals surface area (Å²) in [6.07, 6.45) is 1.95. The van der Waals surface area contributed by atoms with Gasteiger partial charge in [0.1, 0.15) is 0 Å². The number of fused-ring (bicyclic) bond motifs is 1. The molecular weight excluding hydrogens is 160 g/mol. The minimum atomic E-state index is 0.197. The van der Waals surface area contributed by atoms with Gasteiger partial charge in [0.25, 0.3) is 0 Å². The van der Waals surface area contributed by atoms with E-state index in [-0.39, 0.29) is 5.88 Å². The molecule has 0 aromatic carbocycles. The van der Waals surface area contributed by atoms with Gasteiger partial charge in [0, 0.05) is 11.3 Å². The molecule has 0 saturated carbocycles. The lowest BCUT2D eigenvalue weighted by molar-refractivity contribution is 0.446. The zero-order valence-electron chi connectivity index (χ0n) is 6.13. The predicted molar refractivity (Wildman–Crippen MR) is 45.0 cm³/mol. The van der Waals surface area contributed by atoms with E-state index >= 15 is 0 Å². The molecule has 4 heteroatoms. The third-order valence-corrected chi connectivity index (χ3v) is 2.91. The van der Waals surface area contributed by atoms with Gasteiger partial charge in [-0.15, -0.1) is 5.10 Å². The van der Waals surface area contributed by atoms with E-state index in [1.165, 1.54) is 0 Å². The average molecular weight is 170 g/mol. The van der Waals surface area contributed by atoms with Crippen LogP contribution in [0, 0.1) is 0 Å². The van der Waals surface area contributed by atoms with Crippen LogP contribution in [0.25, 0.3) is 0 Å². The fourth-order valence-corrected chi connectivity index (χ4v) is 2.21. The quantitative estimate of drug-likeness (QED) is 0.609. The Kier molecular flexibility index (Phi) is 1.77. The lowest BCUT2D eigenvalue weighted by Crippen LogP contribution is -1.89. The van der Waals surface area contributed by atoms with E-state index in [1.807, 2.05) is 11.8 Å². The highest BCUT2D eigenvalue weighted by Gasteiger charge is 2.14. The minimum Gasteiger partial charge on any atom is -0.492 e. The van der Waals surface area contributed by atoms with Crippen molar-refractivity contribution in [3.05, 3.63) is 11.3 Å². The van der Waals surface area contributed by atoms with Gasteiger partial charge >= 0.3 is 0 Å². The molecule has 0 radical (unpaired) electrons. The highest BCUT2D eigenvalue weighted by atomic mass is 32.2. The Balaban J connectivity index is 2.35. The van der Waals surface area contributed by atoms with E-state index in [0.29, 0.717) is 0 Å². The standard InChI is InChI=1S/C7H10N2OS/c10-7-5-1-3-11-4-2-6(5)8-9-7/h1-4H2,(H2,8,9,10). The van der Waals surface area contributed by atoms with E-state index < -0.39 is 0 Å². The first kappa shape index (κ1) is 7.03. The van der Waals surface area contributed by atoms with Crippen molar-refractivity contribution in [2.24, 2.45) is 0 Å². The Morgan fingerprint density at radius 3 is 3.09 bits per heavy atom. The molecule has 0 spiro atoms. The molecule has 0 bridgehead atoms. The van der Waals surface area contributed by atoms with Gasteiger partial charge in [0.2, 0.25) is 5.88 Å². The molecule has 3 nitrogen and oxygen atoms in total. The lowest BCUT2D eigenvalue weighted by Gasteiger charge is -1.93. The molecule has 1 aromatic rings. The summed E-state index contributed by atoms with van der Waals surface area (Å²) in [5.41, 5.74) is 2.14. The zero-order chi connectivity index (χ0) is 7.68. The topological polar surface area (TPSA) is 48.9 Å². The molecule has 0 aliphatic carbocycles. The first-order valence-corrected chi connectivity index (χ1v) is 4.86. The van der Waals surface area contributed by atoms with Crippen LogP contribution in [0.5, 0.6) is 5.88 Å². The van der Waals surface area contributed by atoms with Crippen molar-refractivity contribution >= 4 is 11.8 Å². The van der Waals surface area contributed by atoms with E-state index in [1.54, 1.807) is 0 Å². The number of aromatic nitrogens is 2. The summed E-state index contributed by atoms with van der Waals surface area (Å²) < 4.78 is 0. The highest BCUT2D eigenvalue weighted by Crippen LogP contribution is 2.24. The average Bonchev–Trinajstić information content (AvgIpc) is 2.25. The third-order valence-electron chi connectivity index (χ3n) is 1.92. The Morgan fingerprint density at radius 1 is 1.36 bits per heavy atom. The van der Waals surface area contributed by atoms with Crippen molar-refractivity contribution in [3.63, 3.8) is 0 Å². The number of nitrogens with zero attached hydrogens (tertiary/aromatic N) is 1. The SMILES string of the molecule is Oc1n[nH]c2c1CCSCC2. The normalized spacial score (nSPS) is 17.5.